The van der Waals surface area contributed by atoms with Crippen molar-refractivity contribution in [2.45, 2.75) is 31.6 Å². The molecule has 28 heavy (non-hydrogen) atoms. The number of sulfonamides is 1. The highest BCUT2D eigenvalue weighted by molar-refractivity contribution is 7.89. The summed E-state index contributed by atoms with van der Waals surface area (Å²) in [6.45, 7) is 4.59. The lowest BCUT2D eigenvalue weighted by Gasteiger charge is -2.19. The Hall–Kier alpha value is -2.09. The van der Waals surface area contributed by atoms with Crippen molar-refractivity contribution < 1.29 is 18.3 Å². The molecule has 2 aromatic carbocycles. The highest BCUT2D eigenvalue weighted by Gasteiger charge is 2.25. The molecule has 0 fully saturated rings. The molecule has 0 radical (unpaired) electrons. The monoisotopic (exact) mass is 424 g/mol. The van der Waals surface area contributed by atoms with E-state index in [4.69, 9.17) is 11.6 Å². The fraction of sp³-hybridized carbons (Fsp3) is 0.350. The van der Waals surface area contributed by atoms with Gasteiger partial charge in [0.15, 0.2) is 0 Å². The molecule has 0 unspecified atom stereocenters. The van der Waals surface area contributed by atoms with Crippen LogP contribution in [0.1, 0.15) is 36.2 Å². The molecule has 0 bridgehead atoms. The summed E-state index contributed by atoms with van der Waals surface area (Å²) < 4.78 is 26.7. The van der Waals surface area contributed by atoms with E-state index in [9.17, 15) is 18.3 Å². The third-order valence-electron chi connectivity index (χ3n) is 4.38. The van der Waals surface area contributed by atoms with E-state index in [0.29, 0.717) is 26.1 Å². The van der Waals surface area contributed by atoms with E-state index in [1.54, 1.807) is 26.0 Å². The van der Waals surface area contributed by atoms with Crippen molar-refractivity contribution in [3.63, 3.8) is 0 Å². The van der Waals surface area contributed by atoms with E-state index in [-0.39, 0.29) is 27.1 Å². The van der Waals surface area contributed by atoms with E-state index in [0.717, 1.165) is 12.0 Å². The lowest BCUT2D eigenvalue weighted by molar-refractivity contribution is 0.0953. The maximum absolute atomic E-state index is 12.7. The van der Waals surface area contributed by atoms with Gasteiger partial charge in [0, 0.05) is 25.2 Å². The Labute approximate surface area is 171 Å². The summed E-state index contributed by atoms with van der Waals surface area (Å²) in [5.41, 5.74) is 1.31. The van der Waals surface area contributed by atoms with Crippen LogP contribution in [0.3, 0.4) is 0 Å². The van der Waals surface area contributed by atoms with E-state index >= 15 is 0 Å². The van der Waals surface area contributed by atoms with Gasteiger partial charge in [-0.2, -0.15) is 4.31 Å². The SMILES string of the molecule is CCN(CC)S(=O)(=O)c1cc(C(=O)NCCCc2ccc(O)cc2)ccc1Cl. The van der Waals surface area contributed by atoms with Crippen LogP contribution in [0.2, 0.25) is 5.02 Å². The third kappa shape index (κ3) is 5.47. The number of benzene rings is 2. The molecule has 0 aliphatic heterocycles. The van der Waals surface area contributed by atoms with Gasteiger partial charge in [-0.3, -0.25) is 4.79 Å². The zero-order valence-corrected chi connectivity index (χ0v) is 17.6. The highest BCUT2D eigenvalue weighted by atomic mass is 35.5. The maximum Gasteiger partial charge on any atom is 0.251 e. The molecule has 0 aliphatic carbocycles. The number of rotatable bonds is 9. The van der Waals surface area contributed by atoms with Crippen molar-refractivity contribution in [3.8, 4) is 5.75 Å². The standard InChI is InChI=1S/C20H25ClN2O4S/c1-3-23(4-2)28(26,27)19-14-16(9-12-18(19)21)20(25)22-13-5-6-15-7-10-17(24)11-8-15/h7-12,14,24H,3-6,13H2,1-2H3,(H,22,25). The van der Waals surface area contributed by atoms with Gasteiger partial charge in [-0.1, -0.05) is 37.6 Å². The second-order valence-corrected chi connectivity index (χ2v) is 8.57. The molecular formula is C20H25ClN2O4S. The number of amides is 1. The smallest absolute Gasteiger partial charge is 0.251 e. The molecule has 0 aliphatic rings. The van der Waals surface area contributed by atoms with Crippen molar-refractivity contribution in [1.82, 2.24) is 9.62 Å². The molecule has 0 saturated carbocycles. The van der Waals surface area contributed by atoms with Crippen LogP contribution in [-0.2, 0) is 16.4 Å². The fourth-order valence-corrected chi connectivity index (χ4v) is 4.76. The second kappa shape index (κ2) is 9.91. The predicted molar refractivity (Wildman–Crippen MR) is 110 cm³/mol. The molecule has 0 spiro atoms. The quantitative estimate of drug-likeness (QED) is 0.603. The summed E-state index contributed by atoms with van der Waals surface area (Å²) in [7, 11) is -3.75. The van der Waals surface area contributed by atoms with Crippen molar-refractivity contribution >= 4 is 27.5 Å². The van der Waals surface area contributed by atoms with Gasteiger partial charge in [-0.05, 0) is 48.7 Å². The minimum absolute atomic E-state index is 0.0605. The van der Waals surface area contributed by atoms with Gasteiger partial charge in [-0.15, -0.1) is 0 Å². The van der Waals surface area contributed by atoms with Gasteiger partial charge in [0.25, 0.3) is 5.91 Å². The van der Waals surface area contributed by atoms with Gasteiger partial charge in [0.1, 0.15) is 10.6 Å². The molecule has 0 atom stereocenters. The molecule has 6 nitrogen and oxygen atoms in total. The van der Waals surface area contributed by atoms with Crippen molar-refractivity contribution in [1.29, 1.82) is 0 Å². The van der Waals surface area contributed by atoms with Crippen LogP contribution in [0.25, 0.3) is 0 Å². The Kier molecular flexibility index (Phi) is 7.86. The topological polar surface area (TPSA) is 86.7 Å². The molecular weight excluding hydrogens is 400 g/mol. The van der Waals surface area contributed by atoms with Crippen LogP contribution in [0.15, 0.2) is 47.4 Å². The number of halogens is 1. The average Bonchev–Trinajstić information content (AvgIpc) is 2.67. The van der Waals surface area contributed by atoms with E-state index in [2.05, 4.69) is 5.32 Å². The number of nitrogens with one attached hydrogen (secondary N) is 1. The number of carbonyl (C=O) groups is 1. The third-order valence-corrected chi connectivity index (χ3v) is 6.91. The fourth-order valence-electron chi connectivity index (χ4n) is 2.80. The van der Waals surface area contributed by atoms with Crippen molar-refractivity contribution in [2.24, 2.45) is 0 Å². The first-order valence-electron chi connectivity index (χ1n) is 9.15. The first kappa shape index (κ1) is 22.2. The Balaban J connectivity index is 2.02. The normalized spacial score (nSPS) is 11.6. The minimum Gasteiger partial charge on any atom is -0.508 e. The zero-order chi connectivity index (χ0) is 20.7. The van der Waals surface area contributed by atoms with E-state index < -0.39 is 10.0 Å². The van der Waals surface area contributed by atoms with Gasteiger partial charge in [0.05, 0.1) is 5.02 Å². The van der Waals surface area contributed by atoms with E-state index in [1.165, 1.54) is 22.5 Å². The van der Waals surface area contributed by atoms with Crippen LogP contribution < -0.4 is 5.32 Å². The number of carbonyl (C=O) groups excluding carboxylic acids is 1. The van der Waals surface area contributed by atoms with Crippen LogP contribution in [0, 0.1) is 0 Å². The van der Waals surface area contributed by atoms with Crippen LogP contribution in [-0.4, -0.2) is 43.4 Å². The first-order chi connectivity index (χ1) is 13.3. The number of phenols is 1. The van der Waals surface area contributed by atoms with Crippen molar-refractivity contribution in [2.75, 3.05) is 19.6 Å². The van der Waals surface area contributed by atoms with Crippen LogP contribution in [0.4, 0.5) is 0 Å². The molecule has 0 saturated heterocycles. The average molecular weight is 425 g/mol. The summed E-state index contributed by atoms with van der Waals surface area (Å²) in [4.78, 5) is 12.3. The number of aromatic hydroxyl groups is 1. The molecule has 0 aromatic heterocycles. The Bertz CT molecular complexity index is 910. The number of hydrogen-bond acceptors (Lipinski definition) is 4. The first-order valence-corrected chi connectivity index (χ1v) is 11.0. The summed E-state index contributed by atoms with van der Waals surface area (Å²) in [5.74, 6) is -0.131. The number of hydrogen-bond donors (Lipinski definition) is 2. The second-order valence-electron chi connectivity index (χ2n) is 6.26. The Morgan fingerprint density at radius 3 is 2.36 bits per heavy atom. The van der Waals surface area contributed by atoms with E-state index in [1.807, 2.05) is 12.1 Å². The minimum atomic E-state index is -3.75. The molecule has 0 heterocycles. The van der Waals surface area contributed by atoms with Gasteiger partial charge < -0.3 is 10.4 Å². The molecule has 2 aromatic rings. The molecule has 1 amide bonds. The predicted octanol–water partition coefficient (Wildman–Crippen LogP) is 3.44. The summed E-state index contributed by atoms with van der Waals surface area (Å²) in [5, 5.41) is 12.2. The largest absolute Gasteiger partial charge is 0.508 e. The number of aryl methyl sites for hydroxylation is 1. The molecule has 8 heteroatoms. The van der Waals surface area contributed by atoms with Gasteiger partial charge in [-0.25, -0.2) is 8.42 Å². The maximum atomic E-state index is 12.7. The Morgan fingerprint density at radius 2 is 1.75 bits per heavy atom. The van der Waals surface area contributed by atoms with Crippen LogP contribution >= 0.6 is 11.6 Å². The van der Waals surface area contributed by atoms with Crippen molar-refractivity contribution in [3.05, 3.63) is 58.6 Å². The van der Waals surface area contributed by atoms with Gasteiger partial charge >= 0.3 is 0 Å². The molecule has 152 valence electrons. The highest BCUT2D eigenvalue weighted by Crippen LogP contribution is 2.26. The zero-order valence-electron chi connectivity index (χ0n) is 16.0. The Morgan fingerprint density at radius 1 is 1.11 bits per heavy atom. The summed E-state index contributed by atoms with van der Waals surface area (Å²) in [6.07, 6.45) is 1.47. The number of nitrogens with zero attached hydrogens (tertiary/aromatic N) is 1. The van der Waals surface area contributed by atoms with Gasteiger partial charge in [0.2, 0.25) is 10.0 Å². The molecule has 2 rings (SSSR count). The molecule has 2 N–H and O–H groups in total. The van der Waals surface area contributed by atoms with Crippen LogP contribution in [0.5, 0.6) is 5.75 Å². The lowest BCUT2D eigenvalue weighted by Crippen LogP contribution is -2.31. The summed E-state index contributed by atoms with van der Waals surface area (Å²) in [6, 6.07) is 11.2. The number of phenolic OH excluding ortho intramolecular Hbond substituents is 1. The lowest BCUT2D eigenvalue weighted by atomic mass is 10.1. The summed E-state index contributed by atoms with van der Waals surface area (Å²) >= 11 is 6.09.